The Bertz CT molecular complexity index is 1190. The van der Waals surface area contributed by atoms with Gasteiger partial charge in [-0.15, -0.1) is 5.10 Å². The molecule has 0 saturated heterocycles. The highest BCUT2D eigenvalue weighted by Crippen LogP contribution is 2.26. The molecule has 2 aromatic carbocycles. The summed E-state index contributed by atoms with van der Waals surface area (Å²) in [6.07, 6.45) is 0. The molecule has 10 heteroatoms. The van der Waals surface area contributed by atoms with Gasteiger partial charge >= 0.3 is 0 Å². The molecule has 0 unspecified atom stereocenters. The number of para-hydroxylation sites is 1. The molecule has 29 heavy (non-hydrogen) atoms. The van der Waals surface area contributed by atoms with Crippen LogP contribution in [0.5, 0.6) is 5.75 Å². The first kappa shape index (κ1) is 19.0. The Labute approximate surface area is 175 Å². The second-order valence-electron chi connectivity index (χ2n) is 6.00. The first-order valence-electron chi connectivity index (χ1n) is 8.53. The monoisotopic (exact) mass is 426 g/mol. The lowest BCUT2D eigenvalue weighted by atomic mass is 10.2. The van der Waals surface area contributed by atoms with Gasteiger partial charge in [0.05, 0.1) is 23.5 Å². The number of carbonyl (C=O) groups is 1. The van der Waals surface area contributed by atoms with Crippen molar-refractivity contribution in [2.45, 2.75) is 6.92 Å². The zero-order valence-corrected chi connectivity index (χ0v) is 17.0. The summed E-state index contributed by atoms with van der Waals surface area (Å²) in [7, 11) is 1.55. The number of anilines is 1. The number of benzene rings is 2. The smallest absolute Gasteiger partial charge is 0.257 e. The highest BCUT2D eigenvalue weighted by molar-refractivity contribution is 7.10. The Morgan fingerprint density at radius 1 is 1.21 bits per heavy atom. The second-order valence-corrected chi connectivity index (χ2v) is 7.15. The van der Waals surface area contributed by atoms with E-state index in [1.165, 1.54) is 0 Å². The fraction of sp³-hybridized carbons (Fsp3) is 0.105. The summed E-state index contributed by atoms with van der Waals surface area (Å²) in [5.41, 5.74) is 2.43. The topological polar surface area (TPSA) is 94.8 Å². The summed E-state index contributed by atoms with van der Waals surface area (Å²) >= 11 is 7.32. The molecule has 2 aromatic heterocycles. The minimum Gasteiger partial charge on any atom is -0.497 e. The molecule has 4 aromatic rings. The molecular formula is C19H15ClN6O2S. The zero-order chi connectivity index (χ0) is 20.4. The van der Waals surface area contributed by atoms with Crippen LogP contribution in [0.15, 0.2) is 48.5 Å². The average Bonchev–Trinajstić information content (AvgIpc) is 3.35. The Morgan fingerprint density at radius 3 is 2.83 bits per heavy atom. The zero-order valence-electron chi connectivity index (χ0n) is 15.5. The summed E-state index contributed by atoms with van der Waals surface area (Å²) in [5.74, 6) is 0.678. The van der Waals surface area contributed by atoms with Gasteiger partial charge in [0.15, 0.2) is 11.5 Å². The Hall–Kier alpha value is -3.30. The molecule has 0 saturated carbocycles. The van der Waals surface area contributed by atoms with E-state index in [0.29, 0.717) is 38.7 Å². The molecule has 4 rings (SSSR count). The number of aromatic nitrogens is 5. The van der Waals surface area contributed by atoms with Gasteiger partial charge in [-0.05, 0) is 37.3 Å². The predicted octanol–water partition coefficient (Wildman–Crippen LogP) is 4.01. The van der Waals surface area contributed by atoms with Crippen LogP contribution in [0.4, 0.5) is 5.13 Å². The van der Waals surface area contributed by atoms with E-state index >= 15 is 0 Å². The molecule has 146 valence electrons. The van der Waals surface area contributed by atoms with Gasteiger partial charge < -0.3 is 4.74 Å². The number of nitrogens with one attached hydrogen (secondary N) is 1. The molecule has 1 N–H and O–H groups in total. The second kappa shape index (κ2) is 7.98. The summed E-state index contributed by atoms with van der Waals surface area (Å²) in [6.45, 7) is 1.86. The summed E-state index contributed by atoms with van der Waals surface area (Å²) < 4.78 is 11.1. The van der Waals surface area contributed by atoms with Crippen molar-refractivity contribution >= 4 is 34.2 Å². The highest BCUT2D eigenvalue weighted by Gasteiger charge is 2.18. The lowest BCUT2D eigenvalue weighted by Crippen LogP contribution is -2.11. The number of methoxy groups -OCH3 is 1. The first-order chi connectivity index (χ1) is 14.1. The number of hydrogen-bond acceptors (Lipinski definition) is 7. The summed E-state index contributed by atoms with van der Waals surface area (Å²) in [6, 6.07) is 14.2. The van der Waals surface area contributed by atoms with Gasteiger partial charge in [0.2, 0.25) is 5.13 Å². The van der Waals surface area contributed by atoms with E-state index in [4.69, 9.17) is 16.3 Å². The van der Waals surface area contributed by atoms with Crippen LogP contribution in [0.25, 0.3) is 17.2 Å². The largest absolute Gasteiger partial charge is 0.497 e. The van der Waals surface area contributed by atoms with E-state index in [0.717, 1.165) is 17.2 Å². The van der Waals surface area contributed by atoms with Crippen LogP contribution < -0.4 is 10.1 Å². The molecule has 2 heterocycles. The Balaban J connectivity index is 1.57. The van der Waals surface area contributed by atoms with E-state index in [2.05, 4.69) is 25.0 Å². The van der Waals surface area contributed by atoms with Crippen LogP contribution in [0.3, 0.4) is 0 Å². The van der Waals surface area contributed by atoms with E-state index < -0.39 is 0 Å². The predicted molar refractivity (Wildman–Crippen MR) is 111 cm³/mol. The fourth-order valence-corrected chi connectivity index (χ4v) is 3.47. The molecule has 0 fully saturated rings. The molecule has 0 spiro atoms. The summed E-state index contributed by atoms with van der Waals surface area (Å²) in [4.78, 5) is 16.8. The number of nitrogens with zero attached hydrogens (tertiary/aromatic N) is 5. The third-order valence-corrected chi connectivity index (χ3v) is 5.12. The van der Waals surface area contributed by atoms with Crippen LogP contribution in [-0.4, -0.2) is 37.4 Å². The number of rotatable bonds is 5. The van der Waals surface area contributed by atoms with E-state index in [9.17, 15) is 4.79 Å². The molecular weight excluding hydrogens is 412 g/mol. The Morgan fingerprint density at radius 2 is 2.03 bits per heavy atom. The maximum atomic E-state index is 12.4. The molecule has 0 aliphatic carbocycles. The van der Waals surface area contributed by atoms with Gasteiger partial charge in [-0.1, -0.05) is 35.0 Å². The van der Waals surface area contributed by atoms with Crippen molar-refractivity contribution in [2.75, 3.05) is 12.4 Å². The average molecular weight is 427 g/mol. The maximum absolute atomic E-state index is 12.4. The van der Waals surface area contributed by atoms with Gasteiger partial charge in [-0.3, -0.25) is 10.1 Å². The highest BCUT2D eigenvalue weighted by atomic mass is 35.5. The van der Waals surface area contributed by atoms with Crippen LogP contribution in [-0.2, 0) is 0 Å². The third-order valence-electron chi connectivity index (χ3n) is 4.17. The van der Waals surface area contributed by atoms with Crippen molar-refractivity contribution < 1.29 is 9.53 Å². The third kappa shape index (κ3) is 3.82. The van der Waals surface area contributed by atoms with Crippen LogP contribution in [0.1, 0.15) is 16.1 Å². The fourth-order valence-electron chi connectivity index (χ4n) is 2.69. The molecule has 0 radical (unpaired) electrons. The molecule has 0 bridgehead atoms. The van der Waals surface area contributed by atoms with E-state index in [-0.39, 0.29) is 5.91 Å². The number of halogens is 1. The van der Waals surface area contributed by atoms with Gasteiger partial charge in [0.25, 0.3) is 5.91 Å². The van der Waals surface area contributed by atoms with Crippen LogP contribution in [0, 0.1) is 6.92 Å². The van der Waals surface area contributed by atoms with Crippen molar-refractivity contribution in [1.29, 1.82) is 0 Å². The maximum Gasteiger partial charge on any atom is 0.257 e. The number of ether oxygens (including phenoxy) is 1. The standard InChI is InChI=1S/C19H15ClN6O2S/c1-11-16(23-25-26(11)15-9-4-3-8-14(15)20)17-21-19(29-24-17)22-18(27)12-6-5-7-13(10-12)28-2/h3-10H,1-2H3,(H,21,22,24,27). The van der Waals surface area contributed by atoms with Crippen LogP contribution >= 0.6 is 23.1 Å². The Kier molecular flexibility index (Phi) is 5.24. The van der Waals surface area contributed by atoms with Gasteiger partial charge in [-0.25, -0.2) is 4.68 Å². The SMILES string of the molecule is COc1cccc(C(=O)Nc2nc(-c3nnn(-c4ccccc4Cl)c3C)ns2)c1. The molecule has 0 atom stereocenters. The normalized spacial score (nSPS) is 10.7. The molecule has 0 aliphatic heterocycles. The van der Waals surface area contributed by atoms with Gasteiger partial charge in [0, 0.05) is 17.1 Å². The minimum absolute atomic E-state index is 0.303. The van der Waals surface area contributed by atoms with Crippen molar-refractivity contribution in [3.63, 3.8) is 0 Å². The van der Waals surface area contributed by atoms with Crippen molar-refractivity contribution in [3.8, 4) is 23.0 Å². The lowest BCUT2D eigenvalue weighted by molar-refractivity contribution is 0.102. The van der Waals surface area contributed by atoms with Crippen molar-refractivity contribution in [3.05, 3.63) is 64.8 Å². The quantitative estimate of drug-likeness (QED) is 0.518. The molecule has 8 nitrogen and oxygen atoms in total. The molecule has 1 amide bonds. The van der Waals surface area contributed by atoms with Gasteiger partial charge in [0.1, 0.15) is 5.75 Å². The number of amides is 1. The van der Waals surface area contributed by atoms with Crippen molar-refractivity contribution in [1.82, 2.24) is 24.4 Å². The summed E-state index contributed by atoms with van der Waals surface area (Å²) in [5, 5.41) is 12.0. The van der Waals surface area contributed by atoms with E-state index in [1.807, 2.05) is 25.1 Å². The number of hydrogen-bond donors (Lipinski definition) is 1. The van der Waals surface area contributed by atoms with Crippen molar-refractivity contribution in [2.24, 2.45) is 0 Å². The molecule has 0 aliphatic rings. The number of carbonyl (C=O) groups excluding carboxylic acids is 1. The minimum atomic E-state index is -0.303. The van der Waals surface area contributed by atoms with Crippen LogP contribution in [0.2, 0.25) is 5.02 Å². The van der Waals surface area contributed by atoms with Gasteiger partial charge in [-0.2, -0.15) is 9.36 Å². The lowest BCUT2D eigenvalue weighted by Gasteiger charge is -2.05. The first-order valence-corrected chi connectivity index (χ1v) is 9.68. The van der Waals surface area contributed by atoms with E-state index in [1.54, 1.807) is 42.1 Å².